The Morgan fingerprint density at radius 3 is 3.06 bits per heavy atom. The highest BCUT2D eigenvalue weighted by atomic mass is 16.4. The molecule has 1 aromatic carbocycles. The van der Waals surface area contributed by atoms with E-state index in [1.807, 2.05) is 0 Å². The van der Waals surface area contributed by atoms with Gasteiger partial charge in [0.05, 0.1) is 19.1 Å². The van der Waals surface area contributed by atoms with Gasteiger partial charge in [0.15, 0.2) is 0 Å². The van der Waals surface area contributed by atoms with E-state index in [-0.39, 0.29) is 5.92 Å². The number of benzene rings is 1. The Labute approximate surface area is 102 Å². The number of quaternary nitrogens is 1. The molecular formula is C14H19NO2. The van der Waals surface area contributed by atoms with E-state index in [1.165, 1.54) is 16.0 Å². The van der Waals surface area contributed by atoms with Crippen molar-refractivity contribution in [2.45, 2.75) is 26.3 Å². The van der Waals surface area contributed by atoms with Crippen LogP contribution in [-0.2, 0) is 11.3 Å². The Morgan fingerprint density at radius 1 is 1.53 bits per heavy atom. The highest BCUT2D eigenvalue weighted by molar-refractivity contribution is 5.67. The summed E-state index contributed by atoms with van der Waals surface area (Å²) in [5.41, 5.74) is 2.55. The van der Waals surface area contributed by atoms with E-state index in [1.54, 1.807) is 0 Å². The molecule has 1 saturated heterocycles. The predicted molar refractivity (Wildman–Crippen MR) is 63.3 cm³/mol. The molecule has 2 atom stereocenters. The second-order valence-corrected chi connectivity index (χ2v) is 5.03. The summed E-state index contributed by atoms with van der Waals surface area (Å²) in [7, 11) is 0. The molecule has 1 fully saturated rings. The second kappa shape index (κ2) is 5.32. The lowest BCUT2D eigenvalue weighted by molar-refractivity contribution is -0.921. The molecule has 1 aliphatic rings. The van der Waals surface area contributed by atoms with Gasteiger partial charge in [-0.25, -0.2) is 0 Å². The maximum Gasteiger partial charge on any atom is 0.103 e. The van der Waals surface area contributed by atoms with Gasteiger partial charge in [-0.2, -0.15) is 0 Å². The number of carboxylic acid groups (broad SMARTS) is 1. The average molecular weight is 233 g/mol. The number of likely N-dealkylation sites (tertiary alicyclic amines) is 1. The zero-order valence-corrected chi connectivity index (χ0v) is 10.2. The topological polar surface area (TPSA) is 44.6 Å². The molecule has 92 valence electrons. The fraction of sp³-hybridized carbons (Fsp3) is 0.500. The van der Waals surface area contributed by atoms with E-state index in [0.717, 1.165) is 25.9 Å². The zero-order valence-electron chi connectivity index (χ0n) is 10.2. The van der Waals surface area contributed by atoms with Crippen molar-refractivity contribution in [3.63, 3.8) is 0 Å². The van der Waals surface area contributed by atoms with Crippen LogP contribution in [0.25, 0.3) is 0 Å². The Kier molecular flexibility index (Phi) is 3.79. The van der Waals surface area contributed by atoms with E-state index < -0.39 is 5.97 Å². The van der Waals surface area contributed by atoms with Gasteiger partial charge in [0.25, 0.3) is 0 Å². The molecule has 1 aliphatic heterocycles. The number of hydrogen-bond acceptors (Lipinski definition) is 2. The Balaban J connectivity index is 1.97. The normalized spacial score (nSPS) is 24.5. The standard InChI is InChI=1S/C14H19NO2/c1-11-4-2-5-12(8-11)9-15-7-3-6-13(10-15)14(16)17/h2,4-5,8,13H,3,6-7,9-10H2,1H3,(H,16,17)/t13-/m1/s1. The van der Waals surface area contributed by atoms with Crippen molar-refractivity contribution in [1.82, 2.24) is 0 Å². The quantitative estimate of drug-likeness (QED) is 0.768. The maximum atomic E-state index is 10.9. The monoisotopic (exact) mass is 233 g/mol. The van der Waals surface area contributed by atoms with Crippen molar-refractivity contribution < 1.29 is 14.8 Å². The van der Waals surface area contributed by atoms with E-state index in [2.05, 4.69) is 31.2 Å². The maximum absolute atomic E-state index is 10.9. The number of piperidine rings is 1. The van der Waals surface area contributed by atoms with Gasteiger partial charge in [-0.05, 0) is 19.8 Å². The summed E-state index contributed by atoms with van der Waals surface area (Å²) in [4.78, 5) is 12.2. The van der Waals surface area contributed by atoms with Crippen LogP contribution in [0.15, 0.2) is 24.3 Å². The van der Waals surface area contributed by atoms with Crippen LogP contribution < -0.4 is 10.0 Å². The van der Waals surface area contributed by atoms with Crippen LogP contribution in [0.5, 0.6) is 0 Å². The lowest BCUT2D eigenvalue weighted by atomic mass is 9.98. The van der Waals surface area contributed by atoms with Gasteiger partial charge >= 0.3 is 0 Å². The number of aliphatic carboxylic acids is 1. The number of carbonyl (C=O) groups excluding carboxylic acids is 1. The van der Waals surface area contributed by atoms with E-state index >= 15 is 0 Å². The number of carboxylic acids is 1. The van der Waals surface area contributed by atoms with Crippen molar-refractivity contribution in [2.24, 2.45) is 5.92 Å². The van der Waals surface area contributed by atoms with Crippen LogP contribution in [0.4, 0.5) is 0 Å². The van der Waals surface area contributed by atoms with Crippen molar-refractivity contribution >= 4 is 5.97 Å². The van der Waals surface area contributed by atoms with Crippen molar-refractivity contribution in [2.75, 3.05) is 13.1 Å². The van der Waals surface area contributed by atoms with Crippen molar-refractivity contribution in [3.8, 4) is 0 Å². The fourth-order valence-corrected chi connectivity index (χ4v) is 2.62. The first-order valence-corrected chi connectivity index (χ1v) is 6.25. The molecule has 2 rings (SSSR count). The van der Waals surface area contributed by atoms with Gasteiger partial charge in [-0.1, -0.05) is 29.8 Å². The smallest absolute Gasteiger partial charge is 0.103 e. The molecule has 1 unspecified atom stereocenters. The van der Waals surface area contributed by atoms with Crippen LogP contribution in [-0.4, -0.2) is 19.1 Å². The molecular weight excluding hydrogens is 214 g/mol. The molecule has 0 radical (unpaired) electrons. The first-order chi connectivity index (χ1) is 8.15. The van der Waals surface area contributed by atoms with Crippen LogP contribution in [0.2, 0.25) is 0 Å². The van der Waals surface area contributed by atoms with Gasteiger partial charge < -0.3 is 14.8 Å². The third kappa shape index (κ3) is 3.30. The van der Waals surface area contributed by atoms with Gasteiger partial charge in [-0.3, -0.25) is 0 Å². The molecule has 0 aliphatic carbocycles. The van der Waals surface area contributed by atoms with Gasteiger partial charge in [0, 0.05) is 11.5 Å². The van der Waals surface area contributed by atoms with Gasteiger partial charge in [0.2, 0.25) is 0 Å². The minimum absolute atomic E-state index is 0.261. The first kappa shape index (κ1) is 12.1. The minimum Gasteiger partial charge on any atom is -0.550 e. The zero-order chi connectivity index (χ0) is 12.3. The molecule has 0 saturated carbocycles. The van der Waals surface area contributed by atoms with E-state index in [9.17, 15) is 9.90 Å². The lowest BCUT2D eigenvalue weighted by Gasteiger charge is -2.30. The number of hydrogen-bond donors (Lipinski definition) is 1. The molecule has 0 aromatic heterocycles. The molecule has 0 spiro atoms. The van der Waals surface area contributed by atoms with Crippen LogP contribution in [0.3, 0.4) is 0 Å². The molecule has 1 heterocycles. The fourth-order valence-electron chi connectivity index (χ4n) is 2.62. The Morgan fingerprint density at radius 2 is 2.35 bits per heavy atom. The Bertz CT molecular complexity index is 403. The molecule has 1 N–H and O–H groups in total. The molecule has 17 heavy (non-hydrogen) atoms. The predicted octanol–water partition coefficient (Wildman–Crippen LogP) is -0.460. The molecule has 0 bridgehead atoms. The summed E-state index contributed by atoms with van der Waals surface area (Å²) < 4.78 is 0. The molecule has 3 nitrogen and oxygen atoms in total. The number of nitrogens with one attached hydrogen (secondary N) is 1. The minimum atomic E-state index is -0.883. The summed E-state index contributed by atoms with van der Waals surface area (Å²) in [5.74, 6) is -1.14. The Hall–Kier alpha value is -1.35. The van der Waals surface area contributed by atoms with Crippen LogP contribution >= 0.6 is 0 Å². The average Bonchev–Trinajstić information content (AvgIpc) is 2.29. The first-order valence-electron chi connectivity index (χ1n) is 6.25. The number of carbonyl (C=O) groups is 1. The second-order valence-electron chi connectivity index (χ2n) is 5.03. The van der Waals surface area contributed by atoms with Gasteiger partial charge in [0.1, 0.15) is 6.54 Å². The molecule has 0 amide bonds. The number of rotatable bonds is 3. The summed E-state index contributed by atoms with van der Waals surface area (Å²) >= 11 is 0. The summed E-state index contributed by atoms with van der Waals surface area (Å²) in [6.45, 7) is 4.78. The molecule has 1 aromatic rings. The summed E-state index contributed by atoms with van der Waals surface area (Å²) in [6, 6.07) is 8.43. The number of aryl methyl sites for hydroxylation is 1. The molecule has 3 heteroatoms. The lowest BCUT2D eigenvalue weighted by Crippen LogP contribution is -3.12. The highest BCUT2D eigenvalue weighted by Crippen LogP contribution is 2.07. The third-order valence-electron chi connectivity index (χ3n) is 3.49. The van der Waals surface area contributed by atoms with Crippen LogP contribution in [0.1, 0.15) is 24.0 Å². The SMILES string of the molecule is Cc1cccc(C[NH+]2CCC[C@@H](C(=O)[O-])C2)c1. The van der Waals surface area contributed by atoms with Crippen LogP contribution in [0, 0.1) is 12.8 Å². The van der Waals surface area contributed by atoms with E-state index in [0.29, 0.717) is 6.54 Å². The van der Waals surface area contributed by atoms with Crippen molar-refractivity contribution in [3.05, 3.63) is 35.4 Å². The largest absolute Gasteiger partial charge is 0.550 e. The summed E-state index contributed by atoms with van der Waals surface area (Å²) in [5, 5.41) is 10.9. The van der Waals surface area contributed by atoms with Crippen molar-refractivity contribution in [1.29, 1.82) is 0 Å². The highest BCUT2D eigenvalue weighted by Gasteiger charge is 2.23. The van der Waals surface area contributed by atoms with E-state index in [4.69, 9.17) is 0 Å². The third-order valence-corrected chi connectivity index (χ3v) is 3.49. The van der Waals surface area contributed by atoms with Gasteiger partial charge in [-0.15, -0.1) is 0 Å². The summed E-state index contributed by atoms with van der Waals surface area (Å²) in [6.07, 6.45) is 1.76.